The summed E-state index contributed by atoms with van der Waals surface area (Å²) in [6.45, 7) is 3.40. The molecule has 0 aromatic heterocycles. The van der Waals surface area contributed by atoms with E-state index in [4.69, 9.17) is 22.4 Å². The van der Waals surface area contributed by atoms with Crippen LogP contribution < -0.4 is 11.1 Å². The van der Waals surface area contributed by atoms with Crippen LogP contribution in [0.15, 0.2) is 18.2 Å². The maximum atomic E-state index is 10.9. The van der Waals surface area contributed by atoms with Gasteiger partial charge in [0, 0.05) is 17.1 Å². The van der Waals surface area contributed by atoms with E-state index >= 15 is 0 Å². The third-order valence-corrected chi connectivity index (χ3v) is 2.94. The highest BCUT2D eigenvalue weighted by molar-refractivity contribution is 6.31. The number of nitrogens with one attached hydrogen (secondary N) is 1. The van der Waals surface area contributed by atoms with Crippen LogP contribution in [0.25, 0.3) is 0 Å². The van der Waals surface area contributed by atoms with E-state index in [2.05, 4.69) is 5.32 Å². The Bertz CT molecular complexity index is 486. The molecule has 0 aliphatic carbocycles. The van der Waals surface area contributed by atoms with Crippen LogP contribution in [-0.2, 0) is 11.3 Å². The van der Waals surface area contributed by atoms with Gasteiger partial charge in [0.05, 0.1) is 0 Å². The van der Waals surface area contributed by atoms with Crippen molar-refractivity contribution < 1.29 is 14.7 Å². The van der Waals surface area contributed by atoms with Gasteiger partial charge in [0.15, 0.2) is 0 Å². The fourth-order valence-corrected chi connectivity index (χ4v) is 1.48. The number of carboxylic acids is 1. The van der Waals surface area contributed by atoms with Crippen LogP contribution in [0.2, 0.25) is 5.02 Å². The number of benzene rings is 1. The predicted molar refractivity (Wildman–Crippen MR) is 68.5 cm³/mol. The van der Waals surface area contributed by atoms with Gasteiger partial charge in [0.1, 0.15) is 5.54 Å². The molecule has 1 aromatic rings. The Balaban J connectivity index is 2.81. The lowest BCUT2D eigenvalue weighted by molar-refractivity contribution is -0.143. The first-order chi connectivity index (χ1) is 8.24. The molecule has 0 unspecified atom stereocenters. The lowest BCUT2D eigenvalue weighted by atomic mass is 10.0. The maximum Gasteiger partial charge on any atom is 0.323 e. The second-order valence-electron chi connectivity index (χ2n) is 4.45. The molecule has 0 atom stereocenters. The van der Waals surface area contributed by atoms with Crippen LogP contribution in [-0.4, -0.2) is 22.5 Å². The summed E-state index contributed by atoms with van der Waals surface area (Å²) in [7, 11) is 0. The van der Waals surface area contributed by atoms with Crippen molar-refractivity contribution in [3.63, 3.8) is 0 Å². The number of carbonyl (C=O) groups excluding carboxylic acids is 1. The summed E-state index contributed by atoms with van der Waals surface area (Å²) in [6, 6.07) is 4.67. The molecule has 0 fully saturated rings. The van der Waals surface area contributed by atoms with E-state index in [1.54, 1.807) is 26.0 Å². The number of rotatable bonds is 5. The zero-order valence-corrected chi connectivity index (χ0v) is 10.9. The van der Waals surface area contributed by atoms with Crippen LogP contribution in [0.5, 0.6) is 0 Å². The van der Waals surface area contributed by atoms with Crippen LogP contribution >= 0.6 is 11.6 Å². The second-order valence-corrected chi connectivity index (χ2v) is 4.86. The van der Waals surface area contributed by atoms with Crippen molar-refractivity contribution in [3.8, 4) is 0 Å². The highest BCUT2D eigenvalue weighted by Gasteiger charge is 2.26. The SMILES string of the molecule is CC(C)(NCc1ccc(C(N)=O)cc1Cl)C(=O)O. The van der Waals surface area contributed by atoms with Gasteiger partial charge in [-0.25, -0.2) is 0 Å². The summed E-state index contributed by atoms with van der Waals surface area (Å²) in [5.41, 5.74) is 5.10. The van der Waals surface area contributed by atoms with Gasteiger partial charge in [0.25, 0.3) is 0 Å². The second kappa shape index (κ2) is 5.37. The fraction of sp³-hybridized carbons (Fsp3) is 0.333. The zero-order chi connectivity index (χ0) is 13.9. The molecule has 5 nitrogen and oxygen atoms in total. The van der Waals surface area contributed by atoms with E-state index in [-0.39, 0.29) is 6.54 Å². The fourth-order valence-electron chi connectivity index (χ4n) is 1.24. The number of carbonyl (C=O) groups is 2. The Morgan fingerprint density at radius 2 is 2.06 bits per heavy atom. The Kier molecular flexibility index (Phi) is 4.32. The van der Waals surface area contributed by atoms with Crippen molar-refractivity contribution in [1.82, 2.24) is 5.32 Å². The molecular formula is C12H15ClN2O3. The number of halogens is 1. The normalized spacial score (nSPS) is 11.3. The first-order valence-electron chi connectivity index (χ1n) is 5.30. The van der Waals surface area contributed by atoms with E-state index < -0.39 is 17.4 Å². The number of hydrogen-bond donors (Lipinski definition) is 3. The van der Waals surface area contributed by atoms with Crippen molar-refractivity contribution in [2.24, 2.45) is 5.73 Å². The Labute approximate surface area is 110 Å². The highest BCUT2D eigenvalue weighted by atomic mass is 35.5. The van der Waals surface area contributed by atoms with Crippen molar-refractivity contribution in [2.75, 3.05) is 0 Å². The van der Waals surface area contributed by atoms with Crippen LogP contribution in [0, 0.1) is 0 Å². The number of aliphatic carboxylic acids is 1. The number of hydrogen-bond acceptors (Lipinski definition) is 3. The molecular weight excluding hydrogens is 256 g/mol. The molecule has 4 N–H and O–H groups in total. The summed E-state index contributed by atoms with van der Waals surface area (Å²) >= 11 is 5.99. The van der Waals surface area contributed by atoms with Gasteiger partial charge < -0.3 is 10.8 Å². The predicted octanol–water partition coefficient (Wildman–Crippen LogP) is 1.39. The minimum atomic E-state index is -1.05. The number of amides is 1. The molecule has 1 rings (SSSR count). The highest BCUT2D eigenvalue weighted by Crippen LogP contribution is 2.18. The van der Waals surface area contributed by atoms with Gasteiger partial charge in [-0.15, -0.1) is 0 Å². The topological polar surface area (TPSA) is 92.4 Å². The smallest absolute Gasteiger partial charge is 0.323 e. The molecule has 1 amide bonds. The van der Waals surface area contributed by atoms with Crippen LogP contribution in [0.1, 0.15) is 29.8 Å². The van der Waals surface area contributed by atoms with Gasteiger partial charge in [-0.1, -0.05) is 17.7 Å². The number of primary amides is 1. The monoisotopic (exact) mass is 270 g/mol. The average molecular weight is 271 g/mol. The molecule has 98 valence electrons. The summed E-state index contributed by atoms with van der Waals surface area (Å²) in [5.74, 6) is -1.50. The maximum absolute atomic E-state index is 10.9. The molecule has 0 heterocycles. The Morgan fingerprint density at radius 1 is 1.44 bits per heavy atom. The van der Waals surface area contributed by atoms with E-state index in [1.807, 2.05) is 0 Å². The largest absolute Gasteiger partial charge is 0.480 e. The van der Waals surface area contributed by atoms with E-state index in [9.17, 15) is 9.59 Å². The average Bonchev–Trinajstić information content (AvgIpc) is 2.26. The van der Waals surface area contributed by atoms with Crippen molar-refractivity contribution >= 4 is 23.5 Å². The third-order valence-electron chi connectivity index (χ3n) is 2.59. The Hall–Kier alpha value is -1.59. The quantitative estimate of drug-likeness (QED) is 0.754. The molecule has 6 heteroatoms. The van der Waals surface area contributed by atoms with Crippen molar-refractivity contribution in [1.29, 1.82) is 0 Å². The number of nitrogens with two attached hydrogens (primary N) is 1. The van der Waals surface area contributed by atoms with Gasteiger partial charge >= 0.3 is 5.97 Å². The summed E-state index contributed by atoms with van der Waals surface area (Å²) in [6.07, 6.45) is 0. The van der Waals surface area contributed by atoms with E-state index in [0.717, 1.165) is 0 Å². The van der Waals surface area contributed by atoms with Crippen molar-refractivity contribution in [3.05, 3.63) is 34.3 Å². The number of carboxylic acid groups (broad SMARTS) is 1. The zero-order valence-electron chi connectivity index (χ0n) is 10.2. The van der Waals surface area contributed by atoms with Crippen molar-refractivity contribution in [2.45, 2.75) is 25.9 Å². The minimum absolute atomic E-state index is 0.289. The molecule has 0 bridgehead atoms. The molecule has 0 saturated carbocycles. The van der Waals surface area contributed by atoms with Gasteiger partial charge in [-0.05, 0) is 31.5 Å². The molecule has 18 heavy (non-hydrogen) atoms. The van der Waals surface area contributed by atoms with Gasteiger partial charge in [-0.2, -0.15) is 0 Å². The van der Waals surface area contributed by atoms with Crippen LogP contribution in [0.4, 0.5) is 0 Å². The Morgan fingerprint density at radius 3 is 2.50 bits per heavy atom. The molecule has 0 aliphatic heterocycles. The summed E-state index contributed by atoms with van der Waals surface area (Å²) in [4.78, 5) is 21.9. The standard InChI is InChI=1S/C12H15ClN2O3/c1-12(2,11(17)18)15-6-8-4-3-7(10(14)16)5-9(8)13/h3-5,15H,6H2,1-2H3,(H2,14,16)(H,17,18). The summed E-state index contributed by atoms with van der Waals surface area (Å²) < 4.78 is 0. The van der Waals surface area contributed by atoms with Gasteiger partial charge in [0.2, 0.25) is 5.91 Å². The molecule has 1 aromatic carbocycles. The molecule has 0 aliphatic rings. The first kappa shape index (κ1) is 14.5. The lowest BCUT2D eigenvalue weighted by Crippen LogP contribution is -2.46. The van der Waals surface area contributed by atoms with E-state index in [0.29, 0.717) is 16.1 Å². The molecule has 0 spiro atoms. The lowest BCUT2D eigenvalue weighted by Gasteiger charge is -2.21. The van der Waals surface area contributed by atoms with Crippen LogP contribution in [0.3, 0.4) is 0 Å². The molecule has 0 saturated heterocycles. The van der Waals surface area contributed by atoms with Gasteiger partial charge in [-0.3, -0.25) is 14.9 Å². The van der Waals surface area contributed by atoms with E-state index in [1.165, 1.54) is 6.07 Å². The molecule has 0 radical (unpaired) electrons. The first-order valence-corrected chi connectivity index (χ1v) is 5.68. The third kappa shape index (κ3) is 3.45. The minimum Gasteiger partial charge on any atom is -0.480 e. The summed E-state index contributed by atoms with van der Waals surface area (Å²) in [5, 5.41) is 12.2.